The summed E-state index contributed by atoms with van der Waals surface area (Å²) in [7, 11) is -1.69. The standard InChI is InChI=1S/C24H27FN4O3S2/c1-15-14-16(2)22(28-9-11-32-12-10-28)17(3)21(15)27-24(30)23-20(8-13-33-23)29(26)34(31)19-6-4-18(25)5-7-19/h4-8,13-14H,9-12,26H2,1-3H3,(H,27,30)/p+1. The Hall–Kier alpha value is -2.79. The van der Waals surface area contributed by atoms with Gasteiger partial charge in [-0.25, -0.2) is 14.4 Å². The van der Waals surface area contributed by atoms with E-state index in [2.05, 4.69) is 29.0 Å². The van der Waals surface area contributed by atoms with Crippen LogP contribution in [0.15, 0.2) is 46.7 Å². The highest BCUT2D eigenvalue weighted by atomic mass is 32.2. The number of amides is 1. The van der Waals surface area contributed by atoms with Gasteiger partial charge in [-0.2, -0.15) is 0 Å². The van der Waals surface area contributed by atoms with Crippen LogP contribution in [0.1, 0.15) is 26.4 Å². The Morgan fingerprint density at radius 1 is 1.15 bits per heavy atom. The number of benzene rings is 2. The topological polar surface area (TPSA) is 89.5 Å². The first-order chi connectivity index (χ1) is 16.3. The molecule has 1 fully saturated rings. The van der Waals surface area contributed by atoms with Gasteiger partial charge < -0.3 is 15.0 Å². The number of hydrogen-bond acceptors (Lipinski definition) is 5. The lowest BCUT2D eigenvalue weighted by atomic mass is 10.0. The van der Waals surface area contributed by atoms with Gasteiger partial charge in [0.05, 0.1) is 18.1 Å². The SMILES string of the molecule is Cc1cc(C)c(N2CCOCC2)c(C)c1NC(=O)c1sccc1N([NH3+])S(=O)c1ccc(F)cc1. The molecule has 10 heteroatoms. The molecule has 0 saturated carbocycles. The van der Waals surface area contributed by atoms with Crippen molar-refractivity contribution in [2.24, 2.45) is 0 Å². The van der Waals surface area contributed by atoms with E-state index in [4.69, 9.17) is 4.74 Å². The van der Waals surface area contributed by atoms with E-state index in [1.165, 1.54) is 40.0 Å². The van der Waals surface area contributed by atoms with Crippen molar-refractivity contribution in [3.63, 3.8) is 0 Å². The van der Waals surface area contributed by atoms with Crippen molar-refractivity contribution in [1.29, 1.82) is 0 Å². The number of morpholine rings is 1. The lowest BCUT2D eigenvalue weighted by molar-refractivity contribution is -0.359. The van der Waals surface area contributed by atoms with E-state index in [-0.39, 0.29) is 5.91 Å². The minimum atomic E-state index is -1.69. The van der Waals surface area contributed by atoms with E-state index in [1.807, 2.05) is 13.8 Å². The first-order valence-electron chi connectivity index (χ1n) is 10.9. The summed E-state index contributed by atoms with van der Waals surface area (Å²) in [6.45, 7) is 9.05. The molecule has 1 atom stereocenters. The van der Waals surface area contributed by atoms with Gasteiger partial charge in [-0.3, -0.25) is 4.79 Å². The Bertz CT molecular complexity index is 1220. The van der Waals surface area contributed by atoms with Crippen molar-refractivity contribution in [2.75, 3.05) is 40.9 Å². The Balaban J connectivity index is 1.60. The number of nitrogens with one attached hydrogen (secondary N) is 1. The minimum absolute atomic E-state index is 0.294. The van der Waals surface area contributed by atoms with E-state index < -0.39 is 16.8 Å². The van der Waals surface area contributed by atoms with Gasteiger partial charge in [0, 0.05) is 24.5 Å². The normalized spacial score (nSPS) is 14.7. The number of anilines is 3. The van der Waals surface area contributed by atoms with Crippen LogP contribution in [0.25, 0.3) is 0 Å². The molecule has 0 aliphatic carbocycles. The third kappa shape index (κ3) is 4.85. The average Bonchev–Trinajstić information content (AvgIpc) is 3.32. The summed E-state index contributed by atoms with van der Waals surface area (Å²) in [6.07, 6.45) is 0. The quantitative estimate of drug-likeness (QED) is 0.503. The van der Waals surface area contributed by atoms with Crippen LogP contribution in [0.2, 0.25) is 0 Å². The fourth-order valence-corrected chi connectivity index (χ4v) is 6.05. The van der Waals surface area contributed by atoms with Crippen LogP contribution in [-0.4, -0.2) is 36.4 Å². The number of ether oxygens (including phenoxy) is 1. The molecular weight excluding hydrogens is 475 g/mol. The fraction of sp³-hybridized carbons (Fsp3) is 0.292. The highest BCUT2D eigenvalue weighted by molar-refractivity contribution is 7.86. The lowest BCUT2D eigenvalue weighted by Gasteiger charge is -2.32. The Labute approximate surface area is 204 Å². The zero-order valence-electron chi connectivity index (χ0n) is 19.4. The molecular formula is C24H28FN4O3S2+. The van der Waals surface area contributed by atoms with Gasteiger partial charge in [0.15, 0.2) is 11.0 Å². The minimum Gasteiger partial charge on any atom is -0.378 e. The smallest absolute Gasteiger partial charge is 0.268 e. The zero-order chi connectivity index (χ0) is 24.4. The molecule has 180 valence electrons. The molecule has 1 amide bonds. The van der Waals surface area contributed by atoms with Crippen LogP contribution in [0.4, 0.5) is 21.5 Å². The van der Waals surface area contributed by atoms with Crippen LogP contribution in [0.3, 0.4) is 0 Å². The van der Waals surface area contributed by atoms with Crippen molar-refractivity contribution in [1.82, 2.24) is 0 Å². The molecule has 1 saturated heterocycles. The maximum absolute atomic E-state index is 13.3. The summed E-state index contributed by atoms with van der Waals surface area (Å²) in [5.41, 5.74) is 5.47. The Morgan fingerprint density at radius 2 is 1.82 bits per heavy atom. The summed E-state index contributed by atoms with van der Waals surface area (Å²) in [6, 6.07) is 9.18. The predicted molar refractivity (Wildman–Crippen MR) is 134 cm³/mol. The molecule has 4 N–H and O–H groups in total. The molecule has 7 nitrogen and oxygen atoms in total. The zero-order valence-corrected chi connectivity index (χ0v) is 21.0. The van der Waals surface area contributed by atoms with Gasteiger partial charge in [-0.1, -0.05) is 6.07 Å². The second kappa shape index (κ2) is 10.2. The van der Waals surface area contributed by atoms with Gasteiger partial charge in [0.25, 0.3) is 5.91 Å². The van der Waals surface area contributed by atoms with Crippen LogP contribution in [0.5, 0.6) is 0 Å². The molecule has 1 unspecified atom stereocenters. The number of carbonyl (C=O) groups excluding carboxylic acids is 1. The molecule has 3 aromatic rings. The monoisotopic (exact) mass is 503 g/mol. The number of quaternary nitrogens is 1. The van der Waals surface area contributed by atoms with Gasteiger partial charge in [0.1, 0.15) is 16.4 Å². The van der Waals surface area contributed by atoms with Crippen LogP contribution >= 0.6 is 11.3 Å². The maximum atomic E-state index is 13.3. The fourth-order valence-electron chi connectivity index (χ4n) is 4.25. The van der Waals surface area contributed by atoms with Crippen LogP contribution < -0.4 is 20.5 Å². The molecule has 0 radical (unpaired) electrons. The van der Waals surface area contributed by atoms with Gasteiger partial charge in [0.2, 0.25) is 0 Å². The summed E-state index contributed by atoms with van der Waals surface area (Å²) in [4.78, 5) is 16.4. The largest absolute Gasteiger partial charge is 0.378 e. The van der Waals surface area contributed by atoms with Crippen LogP contribution in [-0.2, 0) is 15.7 Å². The molecule has 2 aromatic carbocycles. The maximum Gasteiger partial charge on any atom is 0.268 e. The summed E-state index contributed by atoms with van der Waals surface area (Å²) >= 11 is 1.25. The third-order valence-electron chi connectivity index (χ3n) is 5.83. The number of nitrogens with zero attached hydrogens (tertiary/aromatic N) is 2. The second-order valence-corrected chi connectivity index (χ2v) is 10.5. The van der Waals surface area contributed by atoms with Crippen molar-refractivity contribution in [3.05, 3.63) is 69.2 Å². The molecule has 1 aromatic heterocycles. The summed E-state index contributed by atoms with van der Waals surface area (Å²) in [5.74, 6) is 3.20. The van der Waals surface area contributed by atoms with Gasteiger partial charge >= 0.3 is 0 Å². The highest BCUT2D eigenvalue weighted by Crippen LogP contribution is 2.35. The molecule has 4 rings (SSSR count). The van der Waals surface area contributed by atoms with Crippen LogP contribution in [0, 0.1) is 26.6 Å². The number of rotatable bonds is 6. The Morgan fingerprint density at radius 3 is 2.50 bits per heavy atom. The van der Waals surface area contributed by atoms with Crippen molar-refractivity contribution >= 4 is 45.3 Å². The molecule has 1 aliphatic rings. The first-order valence-corrected chi connectivity index (χ1v) is 12.9. The second-order valence-electron chi connectivity index (χ2n) is 8.13. The van der Waals surface area contributed by atoms with E-state index in [0.717, 1.165) is 41.2 Å². The van der Waals surface area contributed by atoms with E-state index in [1.54, 1.807) is 11.4 Å². The number of hydrogen-bond donors (Lipinski definition) is 2. The molecule has 1 aliphatic heterocycles. The number of thiophene rings is 1. The van der Waals surface area contributed by atoms with E-state index in [9.17, 15) is 13.4 Å². The molecule has 0 bridgehead atoms. The third-order valence-corrected chi connectivity index (χ3v) is 8.01. The highest BCUT2D eigenvalue weighted by Gasteiger charge is 2.26. The summed E-state index contributed by atoms with van der Waals surface area (Å²) in [5, 5.41) is 4.84. The van der Waals surface area contributed by atoms with Crippen molar-refractivity contribution in [3.8, 4) is 0 Å². The van der Waals surface area contributed by atoms with E-state index >= 15 is 0 Å². The van der Waals surface area contributed by atoms with Gasteiger partial charge in [-0.05, 0) is 73.2 Å². The van der Waals surface area contributed by atoms with Crippen molar-refractivity contribution < 1.29 is 24.0 Å². The first kappa shape index (κ1) is 24.3. The summed E-state index contributed by atoms with van der Waals surface area (Å²) < 4.78 is 33.0. The predicted octanol–water partition coefficient (Wildman–Crippen LogP) is 3.59. The average molecular weight is 504 g/mol. The lowest BCUT2D eigenvalue weighted by Crippen LogP contribution is -2.68. The molecule has 34 heavy (non-hydrogen) atoms. The number of carbonyl (C=O) groups is 1. The molecule has 2 heterocycles. The number of aryl methyl sites for hydroxylation is 2. The van der Waals surface area contributed by atoms with E-state index in [0.29, 0.717) is 28.7 Å². The number of halogens is 1. The van der Waals surface area contributed by atoms with Crippen molar-refractivity contribution in [2.45, 2.75) is 25.7 Å². The van der Waals surface area contributed by atoms with Gasteiger partial charge in [-0.15, -0.1) is 15.8 Å². The molecule has 0 spiro atoms. The Kier molecular flexibility index (Phi) is 7.32.